The molecule has 0 saturated carbocycles. The largest absolute Gasteiger partial charge is 0.495 e. The monoisotopic (exact) mass is 410 g/mol. The first kappa shape index (κ1) is 16.7. The third-order valence-electron chi connectivity index (χ3n) is 3.36. The number of nitrogens with one attached hydrogen (secondary N) is 1. The van der Waals surface area contributed by atoms with E-state index < -0.39 is 0 Å². The first-order chi connectivity index (χ1) is 11.5. The molecular weight excluding hydrogens is 396 g/mol. The molecule has 126 valence electrons. The van der Waals surface area contributed by atoms with Crippen LogP contribution in [-0.2, 0) is 6.42 Å². The summed E-state index contributed by atoms with van der Waals surface area (Å²) in [5, 5.41) is 7.99. The van der Waals surface area contributed by atoms with E-state index in [1.54, 1.807) is 14.2 Å². The first-order valence-electron chi connectivity index (χ1n) is 7.14. The Morgan fingerprint density at radius 1 is 1.25 bits per heavy atom. The average molecular weight is 411 g/mol. The Labute approximate surface area is 150 Å². The van der Waals surface area contributed by atoms with E-state index in [1.165, 1.54) is 21.9 Å². The number of halogens is 1. The molecule has 0 atom stereocenters. The molecule has 0 unspecified atom stereocenters. The van der Waals surface area contributed by atoms with Crippen molar-refractivity contribution in [2.45, 2.75) is 13.3 Å². The van der Waals surface area contributed by atoms with Crippen LogP contribution in [0.25, 0.3) is 4.96 Å². The lowest BCUT2D eigenvalue weighted by Gasteiger charge is -2.11. The van der Waals surface area contributed by atoms with Gasteiger partial charge in [0.05, 0.1) is 14.2 Å². The molecule has 0 bridgehead atoms. The Bertz CT molecular complexity index is 929. The normalized spacial score (nSPS) is 10.8. The number of rotatable bonds is 5. The van der Waals surface area contributed by atoms with E-state index in [9.17, 15) is 4.79 Å². The number of nitrogens with zero attached hydrogens (tertiary/aromatic N) is 3. The molecule has 0 aliphatic rings. The van der Waals surface area contributed by atoms with Crippen LogP contribution in [0.3, 0.4) is 0 Å². The highest BCUT2D eigenvalue weighted by Gasteiger charge is 2.13. The second-order valence-electron chi connectivity index (χ2n) is 4.86. The average Bonchev–Trinajstić information content (AvgIpc) is 2.99. The number of aryl methyl sites for hydroxylation is 1. The molecule has 7 nitrogen and oxygen atoms in total. The first-order valence-corrected chi connectivity index (χ1v) is 8.75. The zero-order valence-electron chi connectivity index (χ0n) is 13.3. The van der Waals surface area contributed by atoms with Gasteiger partial charge in [-0.15, -0.1) is 5.10 Å². The van der Waals surface area contributed by atoms with Crippen molar-refractivity contribution >= 4 is 43.0 Å². The SMILES string of the molecule is CCc1cc(=O)n2nc(Nc3cc(OC)c(Br)c(OC)c3)sc2n1. The van der Waals surface area contributed by atoms with E-state index in [4.69, 9.17) is 9.47 Å². The molecule has 2 heterocycles. The number of aromatic nitrogens is 3. The summed E-state index contributed by atoms with van der Waals surface area (Å²) in [6.45, 7) is 1.96. The van der Waals surface area contributed by atoms with Gasteiger partial charge in [0.1, 0.15) is 16.0 Å². The van der Waals surface area contributed by atoms with Crippen LogP contribution in [0.2, 0.25) is 0 Å². The van der Waals surface area contributed by atoms with E-state index in [0.29, 0.717) is 28.0 Å². The maximum atomic E-state index is 12.1. The zero-order valence-corrected chi connectivity index (χ0v) is 15.7. The van der Waals surface area contributed by atoms with E-state index in [-0.39, 0.29) is 5.56 Å². The molecule has 0 aliphatic heterocycles. The van der Waals surface area contributed by atoms with Gasteiger partial charge in [-0.1, -0.05) is 18.3 Å². The number of methoxy groups -OCH3 is 2. The lowest BCUT2D eigenvalue weighted by atomic mass is 10.3. The molecule has 24 heavy (non-hydrogen) atoms. The highest BCUT2D eigenvalue weighted by molar-refractivity contribution is 9.10. The fourth-order valence-electron chi connectivity index (χ4n) is 2.15. The molecule has 0 radical (unpaired) electrons. The Morgan fingerprint density at radius 3 is 2.50 bits per heavy atom. The summed E-state index contributed by atoms with van der Waals surface area (Å²) in [5.74, 6) is 1.25. The number of hydrogen-bond acceptors (Lipinski definition) is 7. The van der Waals surface area contributed by atoms with E-state index in [0.717, 1.165) is 15.9 Å². The van der Waals surface area contributed by atoms with Crippen molar-refractivity contribution in [2.24, 2.45) is 0 Å². The second kappa shape index (κ2) is 6.78. The number of anilines is 2. The number of hydrogen-bond donors (Lipinski definition) is 1. The van der Waals surface area contributed by atoms with Crippen molar-refractivity contribution in [1.82, 2.24) is 14.6 Å². The molecule has 1 aromatic carbocycles. The van der Waals surface area contributed by atoms with Gasteiger partial charge in [0, 0.05) is 29.6 Å². The van der Waals surface area contributed by atoms with Gasteiger partial charge in [-0.25, -0.2) is 4.98 Å². The Hall–Kier alpha value is -2.13. The second-order valence-corrected chi connectivity index (χ2v) is 6.61. The highest BCUT2D eigenvalue weighted by atomic mass is 79.9. The topological polar surface area (TPSA) is 77.8 Å². The Morgan fingerprint density at radius 2 is 1.92 bits per heavy atom. The zero-order chi connectivity index (χ0) is 17.3. The van der Waals surface area contributed by atoms with E-state index in [1.807, 2.05) is 19.1 Å². The van der Waals surface area contributed by atoms with Crippen molar-refractivity contribution in [3.63, 3.8) is 0 Å². The number of benzene rings is 1. The van der Waals surface area contributed by atoms with Crippen molar-refractivity contribution in [1.29, 1.82) is 0 Å². The summed E-state index contributed by atoms with van der Waals surface area (Å²) in [6.07, 6.45) is 0.702. The van der Waals surface area contributed by atoms with Crippen molar-refractivity contribution in [2.75, 3.05) is 19.5 Å². The molecule has 1 N–H and O–H groups in total. The molecule has 3 rings (SSSR count). The molecule has 0 spiro atoms. The molecule has 0 fully saturated rings. The third-order valence-corrected chi connectivity index (χ3v) is 4.96. The maximum absolute atomic E-state index is 12.1. The Kier molecular flexibility index (Phi) is 4.72. The molecule has 9 heteroatoms. The molecular formula is C15H15BrN4O3S. The van der Waals surface area contributed by atoms with Crippen LogP contribution in [0.1, 0.15) is 12.6 Å². The molecule has 0 saturated heterocycles. The molecule has 0 amide bonds. The quantitative estimate of drug-likeness (QED) is 0.695. The molecule has 0 aliphatic carbocycles. The molecule has 3 aromatic rings. The molecule has 2 aromatic heterocycles. The van der Waals surface area contributed by atoms with Gasteiger partial charge in [0.15, 0.2) is 0 Å². The van der Waals surface area contributed by atoms with Gasteiger partial charge in [0.25, 0.3) is 5.56 Å². The smallest absolute Gasteiger partial charge is 0.275 e. The lowest BCUT2D eigenvalue weighted by Crippen LogP contribution is -2.15. The van der Waals surface area contributed by atoms with Gasteiger partial charge in [0.2, 0.25) is 10.1 Å². The van der Waals surface area contributed by atoms with Crippen LogP contribution in [-0.4, -0.2) is 28.8 Å². The standard InChI is InChI=1S/C15H15BrN4O3S/c1-4-8-7-12(21)20-15(18-8)24-14(19-20)17-9-5-10(22-2)13(16)11(6-9)23-3/h5-7H,4H2,1-3H3,(H,17,19). The summed E-state index contributed by atoms with van der Waals surface area (Å²) < 4.78 is 12.7. The van der Waals surface area contributed by atoms with Crippen LogP contribution >= 0.6 is 27.3 Å². The van der Waals surface area contributed by atoms with Gasteiger partial charge < -0.3 is 14.8 Å². The minimum absolute atomic E-state index is 0.188. The van der Waals surface area contributed by atoms with Gasteiger partial charge in [-0.05, 0) is 22.4 Å². The van der Waals surface area contributed by atoms with Crippen LogP contribution in [0.4, 0.5) is 10.8 Å². The number of ether oxygens (including phenoxy) is 2. The summed E-state index contributed by atoms with van der Waals surface area (Å²) in [7, 11) is 3.16. The summed E-state index contributed by atoms with van der Waals surface area (Å²) in [6, 6.07) is 5.13. The van der Waals surface area contributed by atoms with Gasteiger partial charge >= 0.3 is 0 Å². The summed E-state index contributed by atoms with van der Waals surface area (Å²) in [5.41, 5.74) is 1.30. The number of fused-ring (bicyclic) bond motifs is 1. The third kappa shape index (κ3) is 3.09. The Balaban J connectivity index is 2.01. The van der Waals surface area contributed by atoms with Gasteiger partial charge in [-0.3, -0.25) is 4.79 Å². The van der Waals surface area contributed by atoms with Crippen LogP contribution in [0, 0.1) is 0 Å². The fraction of sp³-hybridized carbons (Fsp3) is 0.267. The predicted molar refractivity (Wildman–Crippen MR) is 97.0 cm³/mol. The predicted octanol–water partition coefficient (Wildman–Crippen LogP) is 3.24. The van der Waals surface area contributed by atoms with E-state index >= 15 is 0 Å². The minimum Gasteiger partial charge on any atom is -0.495 e. The van der Waals surface area contributed by atoms with Crippen LogP contribution in [0.15, 0.2) is 27.5 Å². The van der Waals surface area contributed by atoms with E-state index in [2.05, 4.69) is 31.3 Å². The van der Waals surface area contributed by atoms with Crippen LogP contribution in [0.5, 0.6) is 11.5 Å². The maximum Gasteiger partial charge on any atom is 0.275 e. The minimum atomic E-state index is -0.188. The summed E-state index contributed by atoms with van der Waals surface area (Å²) in [4.78, 5) is 17.0. The van der Waals surface area contributed by atoms with Crippen molar-refractivity contribution < 1.29 is 9.47 Å². The van der Waals surface area contributed by atoms with Crippen molar-refractivity contribution in [3.8, 4) is 11.5 Å². The fourth-order valence-corrected chi connectivity index (χ4v) is 3.55. The van der Waals surface area contributed by atoms with Gasteiger partial charge in [-0.2, -0.15) is 4.52 Å². The highest BCUT2D eigenvalue weighted by Crippen LogP contribution is 2.38. The van der Waals surface area contributed by atoms with Crippen LogP contribution < -0.4 is 20.3 Å². The van der Waals surface area contributed by atoms with Crippen molar-refractivity contribution in [3.05, 3.63) is 38.7 Å². The lowest BCUT2D eigenvalue weighted by molar-refractivity contribution is 0.390. The summed E-state index contributed by atoms with van der Waals surface area (Å²) >= 11 is 4.73.